The molecule has 0 saturated carbocycles. The standard InChI is InChI=1S/C51H30O/c1-2-14-37-35(33-24-26-42-43-18-9-11-31-12-10-22-48(50(31)43)52-49(42)30-33)28-27-34(36(37)13-1)32-23-25-41-40-17-5-8-21-46(40)51(47(41)29-32)44-19-6-3-15-38(44)39-16-4-7-20-45(39)51/h1-30H. The third-order valence-corrected chi connectivity index (χ3v) is 11.9. The van der Waals surface area contributed by atoms with Gasteiger partial charge in [-0.1, -0.05) is 158 Å². The number of rotatable bonds is 2. The Morgan fingerprint density at radius 1 is 0.308 bits per heavy atom. The minimum Gasteiger partial charge on any atom is -0.456 e. The van der Waals surface area contributed by atoms with Gasteiger partial charge in [0.1, 0.15) is 11.5 Å². The summed E-state index contributed by atoms with van der Waals surface area (Å²) in [5, 5.41) is 4.86. The van der Waals surface area contributed by atoms with E-state index >= 15 is 0 Å². The number of ether oxygens (including phenoxy) is 1. The van der Waals surface area contributed by atoms with Crippen LogP contribution in [0.5, 0.6) is 11.5 Å². The van der Waals surface area contributed by atoms with Crippen LogP contribution in [0.25, 0.3) is 77.2 Å². The Hall–Kier alpha value is -6.70. The van der Waals surface area contributed by atoms with Gasteiger partial charge in [-0.25, -0.2) is 0 Å². The molecule has 0 radical (unpaired) electrons. The van der Waals surface area contributed by atoms with Crippen LogP contribution in [-0.4, -0.2) is 0 Å². The highest BCUT2D eigenvalue weighted by atomic mass is 16.5. The van der Waals surface area contributed by atoms with Crippen molar-refractivity contribution in [1.82, 2.24) is 0 Å². The third kappa shape index (κ3) is 3.52. The van der Waals surface area contributed by atoms with Crippen molar-refractivity contribution in [3.63, 3.8) is 0 Å². The van der Waals surface area contributed by atoms with E-state index < -0.39 is 0 Å². The lowest BCUT2D eigenvalue weighted by molar-refractivity contribution is 0.487. The van der Waals surface area contributed by atoms with Gasteiger partial charge in [-0.05, 0) is 113 Å². The van der Waals surface area contributed by atoms with Crippen LogP contribution in [0.2, 0.25) is 0 Å². The maximum absolute atomic E-state index is 6.58. The van der Waals surface area contributed by atoms with Crippen LogP contribution < -0.4 is 4.74 Å². The molecule has 1 aliphatic heterocycles. The van der Waals surface area contributed by atoms with E-state index in [0.29, 0.717) is 0 Å². The average Bonchev–Trinajstić information content (AvgIpc) is 3.67. The molecule has 0 saturated heterocycles. The van der Waals surface area contributed by atoms with Crippen LogP contribution in [0.4, 0.5) is 0 Å². The Labute approximate surface area is 302 Å². The maximum Gasteiger partial charge on any atom is 0.135 e. The van der Waals surface area contributed by atoms with Crippen LogP contribution >= 0.6 is 0 Å². The summed E-state index contributed by atoms with van der Waals surface area (Å²) in [6, 6.07) is 67.2. The molecule has 1 nitrogen and oxygen atoms in total. The van der Waals surface area contributed by atoms with Gasteiger partial charge < -0.3 is 4.74 Å². The molecule has 12 rings (SSSR count). The van der Waals surface area contributed by atoms with E-state index in [1.165, 1.54) is 88.3 Å². The molecule has 0 atom stereocenters. The molecule has 1 spiro atoms. The highest BCUT2D eigenvalue weighted by Gasteiger charge is 2.51. The van der Waals surface area contributed by atoms with Crippen LogP contribution in [0.3, 0.4) is 0 Å². The first-order chi connectivity index (χ1) is 25.8. The molecule has 1 heterocycles. The van der Waals surface area contributed by atoms with Gasteiger partial charge in [-0.2, -0.15) is 0 Å². The molecular weight excluding hydrogens is 629 g/mol. The van der Waals surface area contributed by atoms with Crippen molar-refractivity contribution in [1.29, 1.82) is 0 Å². The first-order valence-electron chi connectivity index (χ1n) is 18.1. The predicted octanol–water partition coefficient (Wildman–Crippen LogP) is 13.4. The van der Waals surface area contributed by atoms with E-state index in [9.17, 15) is 0 Å². The zero-order valence-corrected chi connectivity index (χ0v) is 28.2. The second-order valence-electron chi connectivity index (χ2n) is 14.3. The topological polar surface area (TPSA) is 9.23 Å². The Balaban J connectivity index is 1.04. The molecule has 9 aromatic carbocycles. The van der Waals surface area contributed by atoms with Gasteiger partial charge in [-0.15, -0.1) is 0 Å². The molecule has 52 heavy (non-hydrogen) atoms. The molecule has 240 valence electrons. The van der Waals surface area contributed by atoms with Gasteiger partial charge >= 0.3 is 0 Å². The largest absolute Gasteiger partial charge is 0.456 e. The van der Waals surface area contributed by atoms with Crippen molar-refractivity contribution in [2.75, 3.05) is 0 Å². The minimum atomic E-state index is -0.364. The number of hydrogen-bond acceptors (Lipinski definition) is 1. The molecule has 3 aliphatic rings. The van der Waals surface area contributed by atoms with Crippen molar-refractivity contribution in [3.8, 4) is 67.1 Å². The van der Waals surface area contributed by atoms with Crippen LogP contribution in [0.1, 0.15) is 22.3 Å². The molecule has 2 aliphatic carbocycles. The zero-order chi connectivity index (χ0) is 34.0. The number of hydrogen-bond donors (Lipinski definition) is 0. The number of benzene rings is 9. The summed E-state index contributed by atoms with van der Waals surface area (Å²) in [4.78, 5) is 0. The Morgan fingerprint density at radius 3 is 1.42 bits per heavy atom. The lowest BCUT2D eigenvalue weighted by Crippen LogP contribution is -2.25. The molecule has 0 N–H and O–H groups in total. The van der Waals surface area contributed by atoms with E-state index in [-0.39, 0.29) is 5.41 Å². The zero-order valence-electron chi connectivity index (χ0n) is 28.2. The Bertz CT molecular complexity index is 2930. The van der Waals surface area contributed by atoms with Crippen molar-refractivity contribution in [2.24, 2.45) is 0 Å². The molecule has 1 heteroatoms. The van der Waals surface area contributed by atoms with Gasteiger partial charge in [0, 0.05) is 10.9 Å². The van der Waals surface area contributed by atoms with Crippen LogP contribution in [0, 0.1) is 0 Å². The lowest BCUT2D eigenvalue weighted by Gasteiger charge is -2.30. The molecule has 0 aromatic heterocycles. The minimum absolute atomic E-state index is 0.364. The molecule has 0 unspecified atom stereocenters. The van der Waals surface area contributed by atoms with E-state index in [0.717, 1.165) is 22.6 Å². The third-order valence-electron chi connectivity index (χ3n) is 11.9. The molecular formula is C51H30O. The summed E-state index contributed by atoms with van der Waals surface area (Å²) in [6.07, 6.45) is 0. The van der Waals surface area contributed by atoms with Crippen molar-refractivity contribution < 1.29 is 4.74 Å². The highest BCUT2D eigenvalue weighted by Crippen LogP contribution is 2.63. The Kier molecular flexibility index (Phi) is 5.49. The monoisotopic (exact) mass is 658 g/mol. The lowest BCUT2D eigenvalue weighted by atomic mass is 9.70. The molecule has 0 bridgehead atoms. The van der Waals surface area contributed by atoms with E-state index in [1.807, 2.05) is 0 Å². The smallest absolute Gasteiger partial charge is 0.135 e. The summed E-state index contributed by atoms with van der Waals surface area (Å²) in [6.45, 7) is 0. The summed E-state index contributed by atoms with van der Waals surface area (Å²) >= 11 is 0. The van der Waals surface area contributed by atoms with Crippen LogP contribution in [-0.2, 0) is 5.41 Å². The van der Waals surface area contributed by atoms with Crippen molar-refractivity contribution in [3.05, 3.63) is 204 Å². The summed E-state index contributed by atoms with van der Waals surface area (Å²) < 4.78 is 6.58. The fourth-order valence-electron chi connectivity index (χ4n) is 9.80. The van der Waals surface area contributed by atoms with Gasteiger partial charge in [-0.3, -0.25) is 0 Å². The maximum atomic E-state index is 6.58. The normalized spacial score (nSPS) is 13.7. The second kappa shape index (κ2) is 10.2. The van der Waals surface area contributed by atoms with Crippen molar-refractivity contribution in [2.45, 2.75) is 5.41 Å². The molecule has 9 aromatic rings. The second-order valence-corrected chi connectivity index (χ2v) is 14.3. The fourth-order valence-corrected chi connectivity index (χ4v) is 9.80. The van der Waals surface area contributed by atoms with Gasteiger partial charge in [0.2, 0.25) is 0 Å². The van der Waals surface area contributed by atoms with Gasteiger partial charge in [0.15, 0.2) is 0 Å². The summed E-state index contributed by atoms with van der Waals surface area (Å²) in [5.41, 5.74) is 17.6. The first-order valence-corrected chi connectivity index (χ1v) is 18.1. The SMILES string of the molecule is c1ccc2c(c1)-c1ccccc1C21c2ccccc2-c2ccc(-c3ccc(-c4ccc5c(c4)Oc4cccc6cccc-5c46)c4ccccc34)cc21. The fraction of sp³-hybridized carbons (Fsp3) is 0.0196. The van der Waals surface area contributed by atoms with Crippen molar-refractivity contribution >= 4 is 21.5 Å². The van der Waals surface area contributed by atoms with E-state index in [4.69, 9.17) is 4.74 Å². The van der Waals surface area contributed by atoms with Gasteiger partial charge in [0.25, 0.3) is 0 Å². The average molecular weight is 659 g/mol. The van der Waals surface area contributed by atoms with E-state index in [1.54, 1.807) is 0 Å². The Morgan fingerprint density at radius 2 is 0.788 bits per heavy atom. The summed E-state index contributed by atoms with van der Waals surface area (Å²) in [7, 11) is 0. The van der Waals surface area contributed by atoms with Gasteiger partial charge in [0.05, 0.1) is 5.41 Å². The highest BCUT2D eigenvalue weighted by molar-refractivity contribution is 6.08. The molecule has 0 fully saturated rings. The van der Waals surface area contributed by atoms with E-state index in [2.05, 4.69) is 182 Å². The predicted molar refractivity (Wildman–Crippen MR) is 214 cm³/mol. The molecule has 0 amide bonds. The quantitative estimate of drug-likeness (QED) is 0.180. The van der Waals surface area contributed by atoms with Crippen LogP contribution in [0.15, 0.2) is 182 Å². The summed E-state index contributed by atoms with van der Waals surface area (Å²) in [5.74, 6) is 1.82. The number of fused-ring (bicyclic) bond motifs is 13. The first kappa shape index (κ1) is 28.0.